The summed E-state index contributed by atoms with van der Waals surface area (Å²) in [6, 6.07) is 7.15. The van der Waals surface area contributed by atoms with Gasteiger partial charge in [-0.25, -0.2) is 4.79 Å². The van der Waals surface area contributed by atoms with Gasteiger partial charge >= 0.3 is 5.69 Å². The highest BCUT2D eigenvalue weighted by atomic mass is 16.5. The number of rotatable bonds is 7. The quantitative estimate of drug-likeness (QED) is 0.407. The Morgan fingerprint density at radius 2 is 1.81 bits per heavy atom. The molecule has 1 saturated carbocycles. The molecule has 0 bridgehead atoms. The van der Waals surface area contributed by atoms with E-state index in [0.717, 1.165) is 69.6 Å². The molecule has 0 amide bonds. The number of nitrogens with one attached hydrogen (secondary N) is 3. The third-order valence-corrected chi connectivity index (χ3v) is 8.83. The number of piperidine rings is 2. The second kappa shape index (κ2) is 11.5. The number of aromatic nitrogens is 2. The summed E-state index contributed by atoms with van der Waals surface area (Å²) < 4.78 is 8.04. The van der Waals surface area contributed by atoms with Crippen LogP contribution in [0.2, 0.25) is 0 Å². The molecule has 1 aliphatic carbocycles. The molecule has 0 radical (unpaired) electrons. The topological polar surface area (TPSA) is 83.5 Å². The van der Waals surface area contributed by atoms with Gasteiger partial charge in [-0.15, -0.1) is 0 Å². The van der Waals surface area contributed by atoms with Crippen molar-refractivity contribution in [2.24, 2.45) is 0 Å². The van der Waals surface area contributed by atoms with Crippen LogP contribution >= 0.6 is 0 Å². The van der Waals surface area contributed by atoms with Gasteiger partial charge in [0.15, 0.2) is 17.3 Å². The zero-order valence-corrected chi connectivity index (χ0v) is 22.0. The van der Waals surface area contributed by atoms with E-state index >= 15 is 0 Å². The second-order valence-electron chi connectivity index (χ2n) is 11.4. The average molecular weight is 507 g/mol. The highest BCUT2D eigenvalue weighted by molar-refractivity contribution is 5.73. The Morgan fingerprint density at radius 3 is 2.62 bits per heavy atom. The highest BCUT2D eigenvalue weighted by Crippen LogP contribution is 2.42. The summed E-state index contributed by atoms with van der Waals surface area (Å²) in [5.74, 6) is 2.53. The van der Waals surface area contributed by atoms with Gasteiger partial charge in [-0.1, -0.05) is 12.5 Å². The molecule has 1 aromatic heterocycles. The Kier molecular flexibility index (Phi) is 7.76. The zero-order valence-electron chi connectivity index (χ0n) is 22.0. The third-order valence-electron chi connectivity index (χ3n) is 8.83. The lowest BCUT2D eigenvalue weighted by molar-refractivity contribution is 0.221. The first-order chi connectivity index (χ1) is 18.2. The van der Waals surface area contributed by atoms with Crippen LogP contribution in [0.15, 0.2) is 29.2 Å². The first kappa shape index (κ1) is 24.9. The van der Waals surface area contributed by atoms with Crippen molar-refractivity contribution in [3.8, 4) is 11.5 Å². The van der Waals surface area contributed by atoms with Gasteiger partial charge in [0.2, 0.25) is 0 Å². The molecule has 0 spiro atoms. The van der Waals surface area contributed by atoms with Gasteiger partial charge in [-0.3, -0.25) is 4.57 Å². The molecule has 2 aromatic rings. The summed E-state index contributed by atoms with van der Waals surface area (Å²) in [5.41, 5.74) is 2.04. The standard InChI is InChI=1S/C29H42N6O2/c36-29-33-28-27(37-26-10-5-22(19-25(26)32-28)21-11-14-30-15-12-21)20-35(29)24-8-6-23(7-9-24)31-13-4-18-34-16-2-1-3-17-34/h5,10,19-21,23-24,30-31H,1-4,6-9,11-18H2,(H,32,33,36)/t23-,24-. The van der Waals surface area contributed by atoms with Gasteiger partial charge < -0.3 is 25.6 Å². The van der Waals surface area contributed by atoms with Crippen molar-refractivity contribution in [3.05, 3.63) is 40.4 Å². The van der Waals surface area contributed by atoms with Crippen molar-refractivity contribution in [2.75, 3.05) is 44.6 Å². The van der Waals surface area contributed by atoms with Crippen LogP contribution in [0.3, 0.4) is 0 Å². The van der Waals surface area contributed by atoms with E-state index in [2.05, 4.69) is 44.0 Å². The summed E-state index contributed by atoms with van der Waals surface area (Å²) in [5, 5.41) is 10.6. The van der Waals surface area contributed by atoms with E-state index in [-0.39, 0.29) is 11.7 Å². The SMILES string of the molecule is O=c1nc2c(cn1[C@H]1CC[C@H](NCCCN3CCCCC3)CC1)Oc1ccc(C3CCNCC3)cc1N2. The predicted molar refractivity (Wildman–Crippen MR) is 147 cm³/mol. The van der Waals surface area contributed by atoms with Crippen LogP contribution in [0, 0.1) is 0 Å². The van der Waals surface area contributed by atoms with Crippen molar-refractivity contribution < 1.29 is 4.74 Å². The molecular weight excluding hydrogens is 464 g/mol. The fraction of sp³-hybridized carbons (Fsp3) is 0.655. The molecule has 1 aromatic carbocycles. The lowest BCUT2D eigenvalue weighted by Crippen LogP contribution is -2.38. The molecule has 8 heteroatoms. The average Bonchev–Trinajstić information content (AvgIpc) is 2.95. The zero-order chi connectivity index (χ0) is 25.0. The molecule has 0 atom stereocenters. The minimum atomic E-state index is -0.189. The molecule has 4 aliphatic rings. The normalized spacial score (nSPS) is 24.5. The molecule has 3 aliphatic heterocycles. The van der Waals surface area contributed by atoms with Crippen molar-refractivity contribution in [2.45, 2.75) is 82.2 Å². The van der Waals surface area contributed by atoms with Gasteiger partial charge in [0.05, 0.1) is 11.9 Å². The fourth-order valence-corrected chi connectivity index (χ4v) is 6.62. The first-order valence-corrected chi connectivity index (χ1v) is 14.6. The lowest BCUT2D eigenvalue weighted by Gasteiger charge is -2.31. The van der Waals surface area contributed by atoms with Crippen molar-refractivity contribution in [3.63, 3.8) is 0 Å². The number of likely N-dealkylation sites (tertiary alicyclic amines) is 1. The summed E-state index contributed by atoms with van der Waals surface area (Å²) in [6.07, 6.45) is 13.7. The molecular formula is C29H42N6O2. The largest absolute Gasteiger partial charge is 0.450 e. The number of benzene rings is 1. The number of ether oxygens (including phenoxy) is 1. The maximum absolute atomic E-state index is 13.0. The number of hydrogen-bond donors (Lipinski definition) is 3. The molecule has 3 fully saturated rings. The molecule has 0 unspecified atom stereocenters. The Balaban J connectivity index is 1.03. The van der Waals surface area contributed by atoms with Crippen LogP contribution < -0.4 is 26.4 Å². The highest BCUT2D eigenvalue weighted by Gasteiger charge is 2.27. The van der Waals surface area contributed by atoms with E-state index in [0.29, 0.717) is 23.5 Å². The maximum atomic E-state index is 13.0. The van der Waals surface area contributed by atoms with E-state index in [4.69, 9.17) is 4.74 Å². The summed E-state index contributed by atoms with van der Waals surface area (Å²) in [6.45, 7) is 6.98. The molecule has 37 heavy (non-hydrogen) atoms. The maximum Gasteiger partial charge on any atom is 0.350 e. The predicted octanol–water partition coefficient (Wildman–Crippen LogP) is 4.51. The van der Waals surface area contributed by atoms with Crippen LogP contribution in [0.4, 0.5) is 11.5 Å². The molecule has 3 N–H and O–H groups in total. The lowest BCUT2D eigenvalue weighted by atomic mass is 9.90. The van der Waals surface area contributed by atoms with Gasteiger partial charge in [-0.05, 0) is 121 Å². The minimum Gasteiger partial charge on any atom is -0.450 e. The van der Waals surface area contributed by atoms with Crippen LogP contribution in [0.25, 0.3) is 0 Å². The third kappa shape index (κ3) is 5.86. The number of anilines is 2. The fourth-order valence-electron chi connectivity index (χ4n) is 6.62. The van der Waals surface area contributed by atoms with Crippen molar-refractivity contribution in [1.29, 1.82) is 0 Å². The van der Waals surface area contributed by atoms with Crippen LogP contribution in [-0.4, -0.2) is 59.8 Å². The molecule has 8 nitrogen and oxygen atoms in total. The van der Waals surface area contributed by atoms with Crippen molar-refractivity contribution in [1.82, 2.24) is 25.1 Å². The van der Waals surface area contributed by atoms with Crippen LogP contribution in [0.1, 0.15) is 81.7 Å². The Hall–Kier alpha value is -2.42. The van der Waals surface area contributed by atoms with Crippen molar-refractivity contribution >= 4 is 11.5 Å². The van der Waals surface area contributed by atoms with Crippen LogP contribution in [0.5, 0.6) is 11.5 Å². The Labute approximate surface area is 220 Å². The van der Waals surface area contributed by atoms with E-state index in [1.54, 1.807) is 0 Å². The first-order valence-electron chi connectivity index (χ1n) is 14.6. The Bertz CT molecular complexity index is 1110. The Morgan fingerprint density at radius 1 is 1.00 bits per heavy atom. The van der Waals surface area contributed by atoms with E-state index < -0.39 is 0 Å². The monoisotopic (exact) mass is 506 g/mol. The molecule has 6 rings (SSSR count). The summed E-state index contributed by atoms with van der Waals surface area (Å²) >= 11 is 0. The second-order valence-corrected chi connectivity index (χ2v) is 11.4. The van der Waals surface area contributed by atoms with Gasteiger partial charge in [0.25, 0.3) is 0 Å². The van der Waals surface area contributed by atoms with E-state index in [9.17, 15) is 4.79 Å². The summed E-state index contributed by atoms with van der Waals surface area (Å²) in [7, 11) is 0. The minimum absolute atomic E-state index is 0.184. The van der Waals surface area contributed by atoms with Gasteiger partial charge in [0.1, 0.15) is 0 Å². The molecule has 2 saturated heterocycles. The number of nitrogens with zero attached hydrogens (tertiary/aromatic N) is 3. The molecule has 200 valence electrons. The summed E-state index contributed by atoms with van der Waals surface area (Å²) in [4.78, 5) is 20.0. The number of fused-ring (bicyclic) bond motifs is 2. The van der Waals surface area contributed by atoms with E-state index in [1.807, 2.05) is 10.8 Å². The molecule has 4 heterocycles. The smallest absolute Gasteiger partial charge is 0.350 e. The van der Waals surface area contributed by atoms with Gasteiger partial charge in [-0.2, -0.15) is 4.98 Å². The van der Waals surface area contributed by atoms with Crippen LogP contribution in [-0.2, 0) is 0 Å². The number of hydrogen-bond acceptors (Lipinski definition) is 7. The van der Waals surface area contributed by atoms with E-state index in [1.165, 1.54) is 50.9 Å². The van der Waals surface area contributed by atoms with Gasteiger partial charge in [0, 0.05) is 12.1 Å².